The van der Waals surface area contributed by atoms with E-state index < -0.39 is 12.2 Å². The first-order valence-corrected chi connectivity index (χ1v) is 8.01. The van der Waals surface area contributed by atoms with E-state index in [2.05, 4.69) is 21.2 Å². The lowest BCUT2D eigenvalue weighted by Crippen LogP contribution is -2.18. The number of rotatable bonds is 6. The van der Waals surface area contributed by atoms with Gasteiger partial charge in [0.1, 0.15) is 11.9 Å². The van der Waals surface area contributed by atoms with E-state index in [0.717, 1.165) is 4.47 Å². The van der Waals surface area contributed by atoms with Gasteiger partial charge in [0.25, 0.3) is 0 Å². The van der Waals surface area contributed by atoms with Crippen LogP contribution >= 0.6 is 15.9 Å². The molecule has 0 radical (unpaired) electrons. The van der Waals surface area contributed by atoms with Crippen LogP contribution in [0.25, 0.3) is 0 Å². The number of carbonyl (C=O) groups excluding carboxylic acids is 1. The number of hydrogen-bond donors (Lipinski definition) is 3. The third-order valence-electron chi connectivity index (χ3n) is 3.23. The number of para-hydroxylation sites is 1. The van der Waals surface area contributed by atoms with Gasteiger partial charge in [-0.1, -0.05) is 34.1 Å². The number of carbonyl (C=O) groups is 1. The zero-order valence-corrected chi connectivity index (χ0v) is 14.0. The highest BCUT2D eigenvalue weighted by Crippen LogP contribution is 2.32. The molecule has 2 aromatic carbocycles. The number of anilines is 1. The predicted octanol–water partition coefficient (Wildman–Crippen LogP) is 4.22. The molecule has 0 saturated carbocycles. The van der Waals surface area contributed by atoms with Gasteiger partial charge in [0.2, 0.25) is 0 Å². The summed E-state index contributed by atoms with van der Waals surface area (Å²) >= 11 is 3.34. The minimum absolute atomic E-state index is 0.0189. The number of nitrogens with one attached hydrogen (secondary N) is 1. The molecular weight excluding hydrogens is 362 g/mol. The molecule has 2 rings (SSSR count). The zero-order chi connectivity index (χ0) is 16.7. The lowest BCUT2D eigenvalue weighted by Gasteiger charge is -2.19. The minimum atomic E-state index is -0.650. The molecule has 0 aliphatic heterocycles. The Labute approximate surface area is 143 Å². The van der Waals surface area contributed by atoms with Crippen molar-refractivity contribution in [1.82, 2.24) is 0 Å². The fraction of sp³-hybridized carbons (Fsp3) is 0.235. The van der Waals surface area contributed by atoms with Crippen LogP contribution in [0.1, 0.15) is 24.5 Å². The van der Waals surface area contributed by atoms with E-state index >= 15 is 0 Å². The summed E-state index contributed by atoms with van der Waals surface area (Å²) in [4.78, 5) is 12.1. The Morgan fingerprint density at radius 2 is 1.96 bits per heavy atom. The molecule has 0 bridgehead atoms. The number of halogens is 1. The van der Waals surface area contributed by atoms with Gasteiger partial charge in [0.15, 0.2) is 0 Å². The Kier molecular flexibility index (Phi) is 6.43. The number of benzene rings is 2. The first kappa shape index (κ1) is 17.3. The summed E-state index contributed by atoms with van der Waals surface area (Å²) in [5.74, 6) is 0.0450. The van der Waals surface area contributed by atoms with Crippen molar-refractivity contribution in [2.24, 2.45) is 0 Å². The minimum Gasteiger partial charge on any atom is -0.508 e. The van der Waals surface area contributed by atoms with Crippen LogP contribution in [0.3, 0.4) is 0 Å². The van der Waals surface area contributed by atoms with Gasteiger partial charge in [-0.2, -0.15) is 0 Å². The van der Waals surface area contributed by atoms with Crippen molar-refractivity contribution in [3.05, 3.63) is 58.6 Å². The topological polar surface area (TPSA) is 78.8 Å². The molecule has 0 spiro atoms. The van der Waals surface area contributed by atoms with E-state index in [4.69, 9.17) is 9.84 Å². The Morgan fingerprint density at radius 3 is 2.65 bits per heavy atom. The molecule has 122 valence electrons. The molecule has 3 N–H and O–H groups in total. The molecule has 0 saturated heterocycles. The van der Waals surface area contributed by atoms with Crippen molar-refractivity contribution in [2.75, 3.05) is 11.9 Å². The lowest BCUT2D eigenvalue weighted by atomic mass is 10.0. The SMILES string of the molecule is O=C(Nc1ccccc1)O[C@@H](CCCO)c1cc(Br)ccc1O. The maximum absolute atomic E-state index is 12.1. The van der Waals surface area contributed by atoms with Crippen molar-refractivity contribution in [2.45, 2.75) is 18.9 Å². The van der Waals surface area contributed by atoms with Crippen LogP contribution < -0.4 is 5.32 Å². The van der Waals surface area contributed by atoms with Gasteiger partial charge in [0.05, 0.1) is 0 Å². The zero-order valence-electron chi connectivity index (χ0n) is 12.4. The van der Waals surface area contributed by atoms with Crippen molar-refractivity contribution in [1.29, 1.82) is 0 Å². The van der Waals surface area contributed by atoms with Crippen molar-refractivity contribution < 1.29 is 19.7 Å². The van der Waals surface area contributed by atoms with Crippen molar-refractivity contribution >= 4 is 27.7 Å². The van der Waals surface area contributed by atoms with Gasteiger partial charge in [-0.05, 0) is 43.2 Å². The molecule has 0 aliphatic carbocycles. The highest BCUT2D eigenvalue weighted by atomic mass is 79.9. The van der Waals surface area contributed by atoms with Gasteiger partial charge in [0, 0.05) is 22.3 Å². The van der Waals surface area contributed by atoms with Crippen LogP contribution in [0.15, 0.2) is 53.0 Å². The smallest absolute Gasteiger partial charge is 0.412 e. The average Bonchev–Trinajstić information content (AvgIpc) is 2.54. The lowest BCUT2D eigenvalue weighted by molar-refractivity contribution is 0.0979. The molecule has 1 atom stereocenters. The molecule has 0 aromatic heterocycles. The van der Waals surface area contributed by atoms with Crippen LogP contribution in [-0.2, 0) is 4.74 Å². The predicted molar refractivity (Wildman–Crippen MR) is 91.4 cm³/mol. The standard InChI is InChI=1S/C17H18BrNO4/c18-12-8-9-15(21)14(11-12)16(7-4-10-20)23-17(22)19-13-5-2-1-3-6-13/h1-3,5-6,8-9,11,16,20-21H,4,7,10H2,(H,19,22)/t16-/m0/s1. The molecule has 0 fully saturated rings. The fourth-order valence-corrected chi connectivity index (χ4v) is 2.51. The van der Waals surface area contributed by atoms with Gasteiger partial charge in [-0.3, -0.25) is 5.32 Å². The molecule has 0 heterocycles. The Bertz CT molecular complexity index is 648. The average molecular weight is 380 g/mol. The van der Waals surface area contributed by atoms with E-state index in [9.17, 15) is 9.90 Å². The van der Waals surface area contributed by atoms with E-state index in [0.29, 0.717) is 24.1 Å². The molecule has 1 amide bonds. The number of aliphatic hydroxyl groups excluding tert-OH is 1. The van der Waals surface area contributed by atoms with Gasteiger partial charge in [-0.25, -0.2) is 4.79 Å². The maximum atomic E-state index is 12.1. The highest BCUT2D eigenvalue weighted by molar-refractivity contribution is 9.10. The number of aliphatic hydroxyl groups is 1. The maximum Gasteiger partial charge on any atom is 0.412 e. The number of aromatic hydroxyl groups is 1. The van der Waals surface area contributed by atoms with Gasteiger partial charge >= 0.3 is 6.09 Å². The van der Waals surface area contributed by atoms with Gasteiger partial charge < -0.3 is 14.9 Å². The first-order chi connectivity index (χ1) is 11.1. The van der Waals surface area contributed by atoms with Gasteiger partial charge in [-0.15, -0.1) is 0 Å². The van der Waals surface area contributed by atoms with E-state index in [1.54, 1.807) is 36.4 Å². The molecule has 5 nitrogen and oxygen atoms in total. The van der Waals surface area contributed by atoms with Crippen molar-refractivity contribution in [3.63, 3.8) is 0 Å². The molecule has 2 aromatic rings. The quantitative estimate of drug-likeness (QED) is 0.701. The van der Waals surface area contributed by atoms with Crippen LogP contribution in [0.5, 0.6) is 5.75 Å². The monoisotopic (exact) mass is 379 g/mol. The molecule has 23 heavy (non-hydrogen) atoms. The molecular formula is C17H18BrNO4. The van der Waals surface area contributed by atoms with E-state index in [1.165, 1.54) is 6.07 Å². The molecule has 6 heteroatoms. The molecule has 0 unspecified atom stereocenters. The Balaban J connectivity index is 2.12. The van der Waals surface area contributed by atoms with Crippen LogP contribution in [0.4, 0.5) is 10.5 Å². The summed E-state index contributed by atoms with van der Waals surface area (Å²) in [6, 6.07) is 13.9. The second-order valence-corrected chi connectivity index (χ2v) is 5.87. The Hall–Kier alpha value is -2.05. The number of phenols is 1. The summed E-state index contributed by atoms with van der Waals surface area (Å²) in [5.41, 5.74) is 1.12. The van der Waals surface area contributed by atoms with Crippen LogP contribution in [0.2, 0.25) is 0 Å². The second kappa shape index (κ2) is 8.55. The third kappa shape index (κ3) is 5.26. The number of ether oxygens (including phenoxy) is 1. The summed E-state index contributed by atoms with van der Waals surface area (Å²) in [6.07, 6.45) is -0.403. The van der Waals surface area contributed by atoms with E-state index in [-0.39, 0.29) is 12.4 Å². The number of amides is 1. The second-order valence-electron chi connectivity index (χ2n) is 4.95. The van der Waals surface area contributed by atoms with Crippen molar-refractivity contribution in [3.8, 4) is 5.75 Å². The summed E-state index contributed by atoms with van der Waals surface area (Å²) in [6.45, 7) is -0.0189. The largest absolute Gasteiger partial charge is 0.508 e. The first-order valence-electron chi connectivity index (χ1n) is 7.22. The molecule has 0 aliphatic rings. The van der Waals surface area contributed by atoms with Crippen LogP contribution in [0, 0.1) is 0 Å². The normalized spacial score (nSPS) is 11.7. The van der Waals surface area contributed by atoms with Crippen LogP contribution in [-0.4, -0.2) is 22.9 Å². The highest BCUT2D eigenvalue weighted by Gasteiger charge is 2.20. The fourth-order valence-electron chi connectivity index (χ4n) is 2.14. The van der Waals surface area contributed by atoms with E-state index in [1.807, 2.05) is 6.07 Å². The third-order valence-corrected chi connectivity index (χ3v) is 3.72. The Morgan fingerprint density at radius 1 is 1.22 bits per heavy atom. The summed E-state index contributed by atoms with van der Waals surface area (Å²) in [7, 11) is 0. The summed E-state index contributed by atoms with van der Waals surface area (Å²) in [5, 5.41) is 21.7. The summed E-state index contributed by atoms with van der Waals surface area (Å²) < 4.78 is 6.21. The number of phenolic OH excluding ortho intramolecular Hbond substituents is 1. The number of hydrogen-bond acceptors (Lipinski definition) is 4.